The minimum atomic E-state index is 1.09. The van der Waals surface area contributed by atoms with Crippen LogP contribution in [0.25, 0.3) is 12.2 Å². The van der Waals surface area contributed by atoms with Gasteiger partial charge in [-0.25, -0.2) is 0 Å². The molecule has 0 aliphatic carbocycles. The third-order valence-corrected chi connectivity index (χ3v) is 2.40. The number of hydrogen-bond donors (Lipinski definition) is 0. The number of allylic oxidation sites excluding steroid dienone is 1. The average molecular weight is 165 g/mol. The second-order valence-electron chi connectivity index (χ2n) is 2.25. The summed E-state index contributed by atoms with van der Waals surface area (Å²) in [5, 5.41) is 0. The third-order valence-electron chi connectivity index (χ3n) is 1.45. The first-order chi connectivity index (χ1) is 5.29. The fourth-order valence-electron chi connectivity index (χ4n) is 0.911. The van der Waals surface area contributed by atoms with Crippen LogP contribution < -0.4 is 0 Å². The summed E-state index contributed by atoms with van der Waals surface area (Å²) in [5.41, 5.74) is 2.29. The smallest absolute Gasteiger partial charge is 0.0589 e. The maximum absolute atomic E-state index is 4.23. The van der Waals surface area contributed by atoms with E-state index in [9.17, 15) is 0 Å². The van der Waals surface area contributed by atoms with Crippen molar-refractivity contribution >= 4 is 23.7 Å². The lowest BCUT2D eigenvalue weighted by Gasteiger charge is -1.89. The lowest BCUT2D eigenvalue weighted by molar-refractivity contribution is 1.33. The molecule has 1 heterocycles. The SMILES string of the molecule is C=Cc1snc(C)c1/C=C\C. The van der Waals surface area contributed by atoms with Crippen molar-refractivity contribution in [1.82, 2.24) is 4.37 Å². The highest BCUT2D eigenvalue weighted by molar-refractivity contribution is 7.07. The Morgan fingerprint density at radius 1 is 1.55 bits per heavy atom. The molecule has 0 aliphatic rings. The van der Waals surface area contributed by atoms with Crippen molar-refractivity contribution in [2.24, 2.45) is 0 Å². The van der Waals surface area contributed by atoms with Crippen molar-refractivity contribution in [2.75, 3.05) is 0 Å². The van der Waals surface area contributed by atoms with Crippen LogP contribution in [-0.4, -0.2) is 4.37 Å². The van der Waals surface area contributed by atoms with Crippen LogP contribution in [-0.2, 0) is 0 Å². The topological polar surface area (TPSA) is 12.9 Å². The van der Waals surface area contributed by atoms with Crippen molar-refractivity contribution in [1.29, 1.82) is 0 Å². The van der Waals surface area contributed by atoms with Gasteiger partial charge in [-0.2, -0.15) is 4.37 Å². The van der Waals surface area contributed by atoms with Crippen LogP contribution in [0.3, 0.4) is 0 Å². The molecule has 1 aromatic rings. The molecule has 0 fully saturated rings. The van der Waals surface area contributed by atoms with Gasteiger partial charge < -0.3 is 0 Å². The third kappa shape index (κ3) is 1.57. The molecule has 0 N–H and O–H groups in total. The monoisotopic (exact) mass is 165 g/mol. The van der Waals surface area contributed by atoms with Crippen LogP contribution in [0.2, 0.25) is 0 Å². The molecule has 0 bridgehead atoms. The van der Waals surface area contributed by atoms with Crippen molar-refractivity contribution in [3.05, 3.63) is 28.8 Å². The van der Waals surface area contributed by atoms with Gasteiger partial charge in [0.25, 0.3) is 0 Å². The normalized spacial score (nSPS) is 10.7. The molecule has 1 rings (SSSR count). The second kappa shape index (κ2) is 3.49. The molecule has 1 nitrogen and oxygen atoms in total. The van der Waals surface area contributed by atoms with Crippen LogP contribution in [0, 0.1) is 6.92 Å². The Kier molecular flexibility index (Phi) is 2.60. The number of hydrogen-bond acceptors (Lipinski definition) is 2. The number of nitrogens with zero attached hydrogens (tertiary/aromatic N) is 1. The van der Waals surface area contributed by atoms with Gasteiger partial charge in [-0.05, 0) is 31.5 Å². The van der Waals surface area contributed by atoms with Crippen LogP contribution >= 0.6 is 11.5 Å². The molecule has 1 aromatic heterocycles. The highest BCUT2D eigenvalue weighted by atomic mass is 32.1. The van der Waals surface area contributed by atoms with Crippen LogP contribution in [0.15, 0.2) is 12.7 Å². The highest BCUT2D eigenvalue weighted by Crippen LogP contribution is 2.20. The molecule has 0 radical (unpaired) electrons. The Labute approximate surface area is 71.2 Å². The second-order valence-corrected chi connectivity index (χ2v) is 3.06. The Hall–Kier alpha value is -0.890. The number of rotatable bonds is 2. The molecule has 0 unspecified atom stereocenters. The zero-order valence-electron chi connectivity index (χ0n) is 6.79. The summed E-state index contributed by atoms with van der Waals surface area (Å²) < 4.78 is 4.23. The molecule has 11 heavy (non-hydrogen) atoms. The van der Waals surface area contributed by atoms with E-state index in [4.69, 9.17) is 0 Å². The molecule has 0 spiro atoms. The molecule has 58 valence electrons. The molecule has 2 heteroatoms. The Bertz CT molecular complexity index is 284. The maximum atomic E-state index is 4.23. The molecule has 0 amide bonds. The van der Waals surface area contributed by atoms with Crippen LogP contribution in [0.5, 0.6) is 0 Å². The molecular weight excluding hydrogens is 154 g/mol. The standard InChI is InChI=1S/C9H11NS/c1-4-6-8-7(3)10-11-9(8)5-2/h4-6H,2H2,1,3H3/b6-4-. The molecule has 0 atom stereocenters. The van der Waals surface area contributed by atoms with Crippen molar-refractivity contribution in [3.8, 4) is 0 Å². The van der Waals surface area contributed by atoms with E-state index >= 15 is 0 Å². The summed E-state index contributed by atoms with van der Waals surface area (Å²) >= 11 is 1.50. The quantitative estimate of drug-likeness (QED) is 0.656. The van der Waals surface area contributed by atoms with Gasteiger partial charge in [0.2, 0.25) is 0 Å². The van der Waals surface area contributed by atoms with Crippen molar-refractivity contribution in [3.63, 3.8) is 0 Å². The summed E-state index contributed by atoms with van der Waals surface area (Å²) in [4.78, 5) is 1.15. The zero-order chi connectivity index (χ0) is 8.27. The molecule has 0 saturated carbocycles. The first-order valence-corrected chi connectivity index (χ1v) is 4.28. The molecule has 0 aromatic carbocycles. The highest BCUT2D eigenvalue weighted by Gasteiger charge is 2.02. The van der Waals surface area contributed by atoms with Gasteiger partial charge in [-0.1, -0.05) is 18.7 Å². The van der Waals surface area contributed by atoms with Gasteiger partial charge in [0.05, 0.1) is 10.6 Å². The number of aryl methyl sites for hydroxylation is 1. The Morgan fingerprint density at radius 3 is 2.82 bits per heavy atom. The summed E-state index contributed by atoms with van der Waals surface area (Å²) in [6, 6.07) is 0. The van der Waals surface area contributed by atoms with E-state index < -0.39 is 0 Å². The van der Waals surface area contributed by atoms with Crippen LogP contribution in [0.4, 0.5) is 0 Å². The summed E-state index contributed by atoms with van der Waals surface area (Å²) in [6.07, 6.45) is 5.93. The predicted molar refractivity (Wildman–Crippen MR) is 51.7 cm³/mol. The maximum Gasteiger partial charge on any atom is 0.0589 e. The first-order valence-electron chi connectivity index (χ1n) is 3.51. The lowest BCUT2D eigenvalue weighted by Crippen LogP contribution is -1.75. The molecule has 0 aliphatic heterocycles. The molecule has 0 saturated heterocycles. The lowest BCUT2D eigenvalue weighted by atomic mass is 10.2. The van der Waals surface area contributed by atoms with Crippen LogP contribution in [0.1, 0.15) is 23.1 Å². The Balaban J connectivity index is 3.17. The van der Waals surface area contributed by atoms with Gasteiger partial charge in [-0.3, -0.25) is 0 Å². The fourth-order valence-corrected chi connectivity index (χ4v) is 1.63. The fraction of sp³-hybridized carbons (Fsp3) is 0.222. The van der Waals surface area contributed by atoms with Gasteiger partial charge in [-0.15, -0.1) is 0 Å². The number of aromatic nitrogens is 1. The summed E-state index contributed by atoms with van der Waals surface area (Å²) in [5.74, 6) is 0. The van der Waals surface area contributed by atoms with Gasteiger partial charge in [0.15, 0.2) is 0 Å². The first kappa shape index (κ1) is 8.21. The predicted octanol–water partition coefficient (Wildman–Crippen LogP) is 3.13. The van der Waals surface area contributed by atoms with E-state index in [1.165, 1.54) is 17.1 Å². The summed E-state index contributed by atoms with van der Waals surface area (Å²) in [6.45, 7) is 7.74. The van der Waals surface area contributed by atoms with Gasteiger partial charge >= 0.3 is 0 Å². The van der Waals surface area contributed by atoms with Gasteiger partial charge in [0, 0.05) is 5.56 Å². The van der Waals surface area contributed by atoms with Gasteiger partial charge in [0.1, 0.15) is 0 Å². The summed E-state index contributed by atoms with van der Waals surface area (Å²) in [7, 11) is 0. The minimum Gasteiger partial charge on any atom is -0.197 e. The largest absolute Gasteiger partial charge is 0.197 e. The van der Waals surface area contributed by atoms with E-state index in [0.717, 1.165) is 10.6 Å². The van der Waals surface area contributed by atoms with Crippen molar-refractivity contribution < 1.29 is 0 Å². The van der Waals surface area contributed by atoms with Crippen molar-refractivity contribution in [2.45, 2.75) is 13.8 Å². The van der Waals surface area contributed by atoms with E-state index in [-0.39, 0.29) is 0 Å². The molecular formula is C9H11NS. The Morgan fingerprint density at radius 2 is 2.27 bits per heavy atom. The van der Waals surface area contributed by atoms with E-state index in [2.05, 4.69) is 17.0 Å². The zero-order valence-corrected chi connectivity index (χ0v) is 7.61. The minimum absolute atomic E-state index is 1.09. The van der Waals surface area contributed by atoms with E-state index in [1.54, 1.807) is 0 Å². The average Bonchev–Trinajstić information content (AvgIpc) is 2.34. The van der Waals surface area contributed by atoms with E-state index in [0.29, 0.717) is 0 Å². The van der Waals surface area contributed by atoms with E-state index in [1.807, 2.05) is 26.0 Å².